The van der Waals surface area contributed by atoms with Crippen LogP contribution in [0.4, 0.5) is 0 Å². The molecule has 74 valence electrons. The first kappa shape index (κ1) is 13.0. The highest BCUT2D eigenvalue weighted by Gasteiger charge is 2.27. The summed E-state index contributed by atoms with van der Waals surface area (Å²) in [7, 11) is 0. The van der Waals surface area contributed by atoms with Gasteiger partial charge in [0, 0.05) is 9.84 Å². The van der Waals surface area contributed by atoms with Gasteiger partial charge in [-0.15, -0.1) is 13.0 Å². The minimum Gasteiger partial charge on any atom is -0.364 e. The second-order valence-electron chi connectivity index (χ2n) is 3.59. The minimum absolute atomic E-state index is 0.0116. The molecule has 0 aliphatic heterocycles. The van der Waals surface area contributed by atoms with Crippen molar-refractivity contribution in [3.05, 3.63) is 12.7 Å². The molecule has 0 rings (SSSR count). The molecule has 0 spiro atoms. The van der Waals surface area contributed by atoms with Gasteiger partial charge in [0.05, 0.1) is 6.61 Å². The minimum atomic E-state index is -0.111. The molecular formula is C11H17IO. The van der Waals surface area contributed by atoms with Crippen molar-refractivity contribution in [1.82, 2.24) is 0 Å². The van der Waals surface area contributed by atoms with Crippen LogP contribution < -0.4 is 0 Å². The molecule has 1 atom stereocenters. The maximum Gasteiger partial charge on any atom is 0.123 e. The molecule has 0 aliphatic carbocycles. The van der Waals surface area contributed by atoms with Gasteiger partial charge in [-0.3, -0.25) is 0 Å². The number of terminal acetylenes is 1. The van der Waals surface area contributed by atoms with E-state index in [1.54, 1.807) is 0 Å². The van der Waals surface area contributed by atoms with E-state index in [-0.39, 0.29) is 11.5 Å². The lowest BCUT2D eigenvalue weighted by molar-refractivity contribution is 0.0240. The third-order valence-corrected chi connectivity index (χ3v) is 2.33. The highest BCUT2D eigenvalue weighted by molar-refractivity contribution is 14.1. The van der Waals surface area contributed by atoms with Crippen molar-refractivity contribution in [3.8, 4) is 12.3 Å². The summed E-state index contributed by atoms with van der Waals surface area (Å²) in [5, 5.41) is 0. The number of hydrogen-bond donors (Lipinski definition) is 0. The maximum absolute atomic E-state index is 5.57. The highest BCUT2D eigenvalue weighted by Crippen LogP contribution is 2.27. The molecule has 0 aromatic carbocycles. The fourth-order valence-corrected chi connectivity index (χ4v) is 1.40. The predicted octanol–water partition coefficient (Wildman–Crippen LogP) is 3.04. The van der Waals surface area contributed by atoms with Crippen LogP contribution in [0.3, 0.4) is 0 Å². The molecular weight excluding hydrogens is 275 g/mol. The third kappa shape index (κ3) is 4.68. The monoisotopic (exact) mass is 292 g/mol. The molecule has 0 N–H and O–H groups in total. The molecule has 1 unspecified atom stereocenters. The van der Waals surface area contributed by atoms with Gasteiger partial charge < -0.3 is 4.74 Å². The van der Waals surface area contributed by atoms with Gasteiger partial charge in [0.2, 0.25) is 0 Å². The fourth-order valence-electron chi connectivity index (χ4n) is 1.14. The van der Waals surface area contributed by atoms with E-state index in [0.717, 1.165) is 17.5 Å². The van der Waals surface area contributed by atoms with E-state index in [1.165, 1.54) is 0 Å². The lowest BCUT2D eigenvalue weighted by Crippen LogP contribution is -2.30. The summed E-state index contributed by atoms with van der Waals surface area (Å²) in [6.07, 6.45) is 8.07. The Bertz CT molecular complexity index is 191. The Kier molecular flexibility index (Phi) is 6.44. The summed E-state index contributed by atoms with van der Waals surface area (Å²) in [5.41, 5.74) is -0.0116. The fraction of sp³-hybridized carbons (Fsp3) is 0.636. The topological polar surface area (TPSA) is 9.23 Å². The first-order chi connectivity index (χ1) is 6.08. The van der Waals surface area contributed by atoms with Crippen LogP contribution in [0.25, 0.3) is 0 Å². The zero-order valence-electron chi connectivity index (χ0n) is 8.35. The molecule has 0 radical (unpaired) electrons. The van der Waals surface area contributed by atoms with Crippen LogP contribution in [0, 0.1) is 17.8 Å². The third-order valence-electron chi connectivity index (χ3n) is 1.89. The van der Waals surface area contributed by atoms with E-state index >= 15 is 0 Å². The Hall–Kier alpha value is -0.0100. The Balaban J connectivity index is 4.21. The number of allylic oxidation sites excluding steroid dienone is 1. The van der Waals surface area contributed by atoms with Crippen molar-refractivity contribution in [2.45, 2.75) is 26.4 Å². The molecule has 0 heterocycles. The summed E-state index contributed by atoms with van der Waals surface area (Å²) in [5.74, 6) is 2.69. The maximum atomic E-state index is 5.57. The Morgan fingerprint density at radius 2 is 2.31 bits per heavy atom. The summed E-state index contributed by atoms with van der Waals surface area (Å²) < 4.78 is 6.54. The summed E-state index contributed by atoms with van der Waals surface area (Å²) in [6.45, 7) is 8.64. The van der Waals surface area contributed by atoms with Crippen molar-refractivity contribution >= 4 is 22.6 Å². The van der Waals surface area contributed by atoms with Crippen LogP contribution in [0.15, 0.2) is 12.7 Å². The second kappa shape index (κ2) is 6.44. The number of alkyl halides is 1. The van der Waals surface area contributed by atoms with E-state index in [0.29, 0.717) is 0 Å². The normalized spacial score (nSPS) is 13.4. The van der Waals surface area contributed by atoms with E-state index in [4.69, 9.17) is 11.2 Å². The average molecular weight is 292 g/mol. The summed E-state index contributed by atoms with van der Waals surface area (Å²) in [4.78, 5) is 0. The standard InChI is InChI=1S/C11H17IO/c1-5-7-11(3,4)10(6-2)13-9-8-12/h2,5,10H,1,7-9H2,3-4H3. The molecule has 0 aliphatic rings. The van der Waals surface area contributed by atoms with Gasteiger partial charge in [0.25, 0.3) is 0 Å². The zero-order chi connectivity index (χ0) is 10.3. The molecule has 0 bridgehead atoms. The molecule has 0 amide bonds. The second-order valence-corrected chi connectivity index (χ2v) is 4.67. The van der Waals surface area contributed by atoms with Crippen LogP contribution in [-0.4, -0.2) is 17.1 Å². The van der Waals surface area contributed by atoms with Crippen molar-refractivity contribution in [2.24, 2.45) is 5.41 Å². The van der Waals surface area contributed by atoms with Gasteiger partial charge in [0.15, 0.2) is 0 Å². The van der Waals surface area contributed by atoms with E-state index in [2.05, 4.69) is 48.9 Å². The lowest BCUT2D eigenvalue weighted by Gasteiger charge is -2.29. The van der Waals surface area contributed by atoms with Gasteiger partial charge in [-0.1, -0.05) is 48.4 Å². The van der Waals surface area contributed by atoms with E-state index in [1.807, 2.05) is 6.08 Å². The van der Waals surface area contributed by atoms with Crippen molar-refractivity contribution in [3.63, 3.8) is 0 Å². The largest absolute Gasteiger partial charge is 0.364 e. The number of rotatable bonds is 6. The predicted molar refractivity (Wildman–Crippen MR) is 66.1 cm³/mol. The van der Waals surface area contributed by atoms with Crippen LogP contribution in [0.2, 0.25) is 0 Å². The van der Waals surface area contributed by atoms with Crippen LogP contribution in [-0.2, 0) is 4.74 Å². The number of hydrogen-bond acceptors (Lipinski definition) is 1. The average Bonchev–Trinajstić information content (AvgIpc) is 2.05. The summed E-state index contributed by atoms with van der Waals surface area (Å²) >= 11 is 2.27. The van der Waals surface area contributed by atoms with Crippen molar-refractivity contribution in [2.75, 3.05) is 11.0 Å². The molecule has 13 heavy (non-hydrogen) atoms. The van der Waals surface area contributed by atoms with E-state index in [9.17, 15) is 0 Å². The molecule has 1 nitrogen and oxygen atoms in total. The Morgan fingerprint density at radius 3 is 2.69 bits per heavy atom. The van der Waals surface area contributed by atoms with Crippen molar-refractivity contribution < 1.29 is 4.74 Å². The lowest BCUT2D eigenvalue weighted by atomic mass is 9.83. The van der Waals surface area contributed by atoms with Crippen LogP contribution in [0.1, 0.15) is 20.3 Å². The van der Waals surface area contributed by atoms with Gasteiger partial charge in [-0.25, -0.2) is 0 Å². The molecule has 2 heteroatoms. The quantitative estimate of drug-likeness (QED) is 0.316. The Labute approximate surface area is 95.1 Å². The van der Waals surface area contributed by atoms with Gasteiger partial charge >= 0.3 is 0 Å². The van der Waals surface area contributed by atoms with Gasteiger partial charge in [-0.2, -0.15) is 0 Å². The summed E-state index contributed by atoms with van der Waals surface area (Å²) in [6, 6.07) is 0. The molecule has 0 fully saturated rings. The molecule has 0 aromatic rings. The van der Waals surface area contributed by atoms with Gasteiger partial charge in [-0.05, 0) is 6.42 Å². The smallest absolute Gasteiger partial charge is 0.123 e. The van der Waals surface area contributed by atoms with Crippen LogP contribution in [0.5, 0.6) is 0 Å². The number of halogens is 1. The first-order valence-electron chi connectivity index (χ1n) is 4.33. The van der Waals surface area contributed by atoms with E-state index < -0.39 is 0 Å². The van der Waals surface area contributed by atoms with Crippen LogP contribution >= 0.6 is 22.6 Å². The Morgan fingerprint density at radius 1 is 1.69 bits per heavy atom. The first-order valence-corrected chi connectivity index (χ1v) is 5.85. The molecule has 0 saturated heterocycles. The van der Waals surface area contributed by atoms with Crippen molar-refractivity contribution in [1.29, 1.82) is 0 Å². The van der Waals surface area contributed by atoms with Gasteiger partial charge in [0.1, 0.15) is 6.10 Å². The number of ether oxygens (including phenoxy) is 1. The highest BCUT2D eigenvalue weighted by atomic mass is 127. The molecule has 0 aromatic heterocycles. The molecule has 0 saturated carbocycles. The zero-order valence-corrected chi connectivity index (χ0v) is 10.5. The SMILES string of the molecule is C#CC(OCCI)C(C)(C)CC=C.